The highest BCUT2D eigenvalue weighted by Crippen LogP contribution is 2.27. The van der Waals surface area contributed by atoms with E-state index in [1.165, 1.54) is 50.6 Å². The lowest BCUT2D eigenvalue weighted by Gasteiger charge is -2.38. The summed E-state index contributed by atoms with van der Waals surface area (Å²) in [6.45, 7) is 19.5. The Morgan fingerprint density at radius 2 is 1.24 bits per heavy atom. The second kappa shape index (κ2) is 7.27. The van der Waals surface area contributed by atoms with E-state index < -0.39 is 0 Å². The van der Waals surface area contributed by atoms with Crippen molar-refractivity contribution in [3.05, 3.63) is 12.2 Å². The lowest BCUT2D eigenvalue weighted by molar-refractivity contribution is 0.463. The van der Waals surface area contributed by atoms with Crippen molar-refractivity contribution in [3.8, 4) is 0 Å². The fraction of sp³-hybridized carbons (Fsp3) is 0.846. The number of nitrogens with zero attached hydrogens (tertiary/aromatic N) is 2. The summed E-state index contributed by atoms with van der Waals surface area (Å²) in [4.78, 5) is 5.20. The minimum Gasteiger partial charge on any atom is -0.343 e. The summed E-state index contributed by atoms with van der Waals surface area (Å²) >= 11 is 0. The van der Waals surface area contributed by atoms with Crippen LogP contribution in [0.1, 0.15) is 27.7 Å². The highest BCUT2D eigenvalue weighted by atomic mass is 15.1. The van der Waals surface area contributed by atoms with Crippen LogP contribution in [-0.2, 0) is 0 Å². The molecule has 0 aromatic carbocycles. The Balaban J connectivity index is 2.67. The molecule has 0 atom stereocenters. The van der Waals surface area contributed by atoms with Crippen LogP contribution in [0.3, 0.4) is 0 Å². The summed E-state index contributed by atoms with van der Waals surface area (Å²) in [7, 11) is 0. The Morgan fingerprint density at radius 1 is 0.882 bits per heavy atom. The molecule has 1 aliphatic heterocycles. The first-order chi connectivity index (χ1) is 8.15. The van der Waals surface area contributed by atoms with E-state index in [9.17, 15) is 0 Å². The van der Waals surface area contributed by atoms with E-state index in [0.29, 0.717) is 0 Å². The van der Waals surface area contributed by atoms with Crippen LogP contribution in [0, 0.1) is 0 Å². The van der Waals surface area contributed by atoms with Gasteiger partial charge >= 0.3 is 0 Å². The molecule has 1 heterocycles. The second-order valence-corrected chi connectivity index (χ2v) is 5.14. The SMILES string of the molecule is C=C1CB(N(CC)CC)CB(N(CC)CC)C1. The molecular formula is C13H28B2N2. The molecule has 4 heteroatoms. The molecule has 0 saturated carbocycles. The molecule has 2 nitrogen and oxygen atoms in total. The minimum absolute atomic E-state index is 0.719. The van der Waals surface area contributed by atoms with Gasteiger partial charge in [0.25, 0.3) is 0 Å². The normalized spacial score (nSPS) is 17.4. The molecule has 0 aliphatic carbocycles. The van der Waals surface area contributed by atoms with Gasteiger partial charge < -0.3 is 9.62 Å². The van der Waals surface area contributed by atoms with E-state index in [-0.39, 0.29) is 0 Å². The topological polar surface area (TPSA) is 6.48 Å². The number of allylic oxidation sites excluding steroid dienone is 1. The molecule has 0 bridgehead atoms. The molecular weight excluding hydrogens is 206 g/mol. The van der Waals surface area contributed by atoms with Gasteiger partial charge in [0.1, 0.15) is 0 Å². The van der Waals surface area contributed by atoms with Crippen LogP contribution in [0.2, 0.25) is 18.9 Å². The predicted octanol–water partition coefficient (Wildman–Crippen LogP) is 2.76. The van der Waals surface area contributed by atoms with Crippen molar-refractivity contribution in [1.29, 1.82) is 0 Å². The second-order valence-electron chi connectivity index (χ2n) is 5.14. The zero-order valence-electron chi connectivity index (χ0n) is 12.2. The van der Waals surface area contributed by atoms with Crippen molar-refractivity contribution in [2.24, 2.45) is 0 Å². The van der Waals surface area contributed by atoms with Gasteiger partial charge in [-0.2, -0.15) is 0 Å². The summed E-state index contributed by atoms with van der Waals surface area (Å²) in [6, 6.07) is 0. The molecule has 1 rings (SSSR count). The molecule has 1 fully saturated rings. The lowest BCUT2D eigenvalue weighted by atomic mass is 9.30. The molecule has 1 saturated heterocycles. The Bertz CT molecular complexity index is 216. The standard InChI is InChI=1S/C13H28B2N2/c1-6-16(7-2)14-10-13(5)11-15(12-14)17(8-3)9-4/h5-12H2,1-4H3. The fourth-order valence-corrected chi connectivity index (χ4v) is 3.27. The molecule has 0 aromatic heterocycles. The Hall–Kier alpha value is -0.210. The van der Waals surface area contributed by atoms with Crippen LogP contribution in [-0.4, -0.2) is 49.5 Å². The fourth-order valence-electron chi connectivity index (χ4n) is 3.27. The molecule has 0 spiro atoms. The smallest absolute Gasteiger partial charge is 0.221 e. The van der Waals surface area contributed by atoms with Gasteiger partial charge in [-0.1, -0.05) is 39.5 Å². The summed E-state index contributed by atoms with van der Waals surface area (Å²) in [5.74, 6) is 0. The van der Waals surface area contributed by atoms with Gasteiger partial charge in [-0.25, -0.2) is 0 Å². The van der Waals surface area contributed by atoms with Gasteiger partial charge in [0, 0.05) is 0 Å². The van der Waals surface area contributed by atoms with Crippen molar-refractivity contribution >= 4 is 13.7 Å². The van der Waals surface area contributed by atoms with Crippen molar-refractivity contribution in [2.75, 3.05) is 26.2 Å². The van der Waals surface area contributed by atoms with E-state index in [0.717, 1.165) is 13.7 Å². The van der Waals surface area contributed by atoms with Crippen LogP contribution in [0.15, 0.2) is 12.2 Å². The van der Waals surface area contributed by atoms with Crippen molar-refractivity contribution in [2.45, 2.75) is 46.6 Å². The summed E-state index contributed by atoms with van der Waals surface area (Å²) < 4.78 is 0. The van der Waals surface area contributed by atoms with Gasteiger partial charge in [-0.3, -0.25) is 0 Å². The third-order valence-electron chi connectivity index (χ3n) is 4.25. The first kappa shape index (κ1) is 14.8. The van der Waals surface area contributed by atoms with Gasteiger partial charge in [0.15, 0.2) is 0 Å². The minimum atomic E-state index is 0.719. The van der Waals surface area contributed by atoms with Crippen LogP contribution in [0.4, 0.5) is 0 Å². The summed E-state index contributed by atoms with van der Waals surface area (Å²) in [5, 5.41) is 0. The van der Waals surface area contributed by atoms with E-state index in [1.54, 1.807) is 0 Å². The Morgan fingerprint density at radius 3 is 1.53 bits per heavy atom. The van der Waals surface area contributed by atoms with Crippen LogP contribution in [0.5, 0.6) is 0 Å². The van der Waals surface area contributed by atoms with Gasteiger partial charge in [-0.05, 0) is 38.8 Å². The monoisotopic (exact) mass is 234 g/mol. The highest BCUT2D eigenvalue weighted by Gasteiger charge is 2.35. The number of hydrogen-bond acceptors (Lipinski definition) is 2. The lowest BCUT2D eigenvalue weighted by Crippen LogP contribution is -2.51. The zero-order valence-corrected chi connectivity index (χ0v) is 12.2. The van der Waals surface area contributed by atoms with E-state index in [4.69, 9.17) is 0 Å². The molecule has 17 heavy (non-hydrogen) atoms. The van der Waals surface area contributed by atoms with Crippen molar-refractivity contribution in [3.63, 3.8) is 0 Å². The molecule has 0 aromatic rings. The zero-order chi connectivity index (χ0) is 12.8. The number of rotatable bonds is 6. The van der Waals surface area contributed by atoms with E-state index in [2.05, 4.69) is 43.9 Å². The molecule has 1 aliphatic rings. The molecule has 0 radical (unpaired) electrons. The van der Waals surface area contributed by atoms with Crippen molar-refractivity contribution < 1.29 is 0 Å². The van der Waals surface area contributed by atoms with Crippen LogP contribution >= 0.6 is 0 Å². The van der Waals surface area contributed by atoms with E-state index in [1.807, 2.05) is 0 Å². The maximum atomic E-state index is 4.26. The van der Waals surface area contributed by atoms with Crippen molar-refractivity contribution in [1.82, 2.24) is 9.62 Å². The van der Waals surface area contributed by atoms with Gasteiger partial charge in [0.2, 0.25) is 13.7 Å². The highest BCUT2D eigenvalue weighted by molar-refractivity contribution is 6.77. The first-order valence-corrected chi connectivity index (χ1v) is 7.30. The predicted molar refractivity (Wildman–Crippen MR) is 80.9 cm³/mol. The maximum absolute atomic E-state index is 4.26. The summed E-state index contributed by atoms with van der Waals surface area (Å²) in [5.41, 5.74) is 1.45. The summed E-state index contributed by atoms with van der Waals surface area (Å²) in [6.07, 6.45) is 3.74. The van der Waals surface area contributed by atoms with E-state index >= 15 is 0 Å². The van der Waals surface area contributed by atoms with Gasteiger partial charge in [-0.15, -0.1) is 6.58 Å². The average molecular weight is 234 g/mol. The van der Waals surface area contributed by atoms with Crippen LogP contribution in [0.25, 0.3) is 0 Å². The molecule has 0 amide bonds. The maximum Gasteiger partial charge on any atom is 0.221 e. The molecule has 0 N–H and O–H groups in total. The van der Waals surface area contributed by atoms with Gasteiger partial charge in [0.05, 0.1) is 0 Å². The third kappa shape index (κ3) is 3.89. The molecule has 96 valence electrons. The van der Waals surface area contributed by atoms with Crippen LogP contribution < -0.4 is 0 Å². The number of hydrogen-bond donors (Lipinski definition) is 0. The third-order valence-corrected chi connectivity index (χ3v) is 4.25. The first-order valence-electron chi connectivity index (χ1n) is 7.30. The average Bonchev–Trinajstić information content (AvgIpc) is 2.31. The Kier molecular flexibility index (Phi) is 6.35. The largest absolute Gasteiger partial charge is 0.343 e. The Labute approximate surface area is 109 Å². The quantitative estimate of drug-likeness (QED) is 0.515. The molecule has 0 unspecified atom stereocenters.